The van der Waals surface area contributed by atoms with Crippen LogP contribution in [-0.4, -0.2) is 0 Å². The van der Waals surface area contributed by atoms with Gasteiger partial charge in [0.25, 0.3) is 0 Å². The molecule has 0 spiro atoms. The molecule has 1 aromatic carbocycles. The Bertz CT molecular complexity index is 322. The van der Waals surface area contributed by atoms with Crippen LogP contribution in [0.2, 0.25) is 0 Å². The van der Waals surface area contributed by atoms with Crippen LogP contribution in [0.5, 0.6) is 0 Å². The van der Waals surface area contributed by atoms with E-state index in [0.29, 0.717) is 0 Å². The number of unbranched alkanes of at least 4 members (excludes halogenated alkanes) is 9. The molecule has 0 saturated heterocycles. The zero-order valence-electron chi connectivity index (χ0n) is 14.2. The van der Waals surface area contributed by atoms with Crippen molar-refractivity contribution < 1.29 is 0 Å². The Labute approximate surface area is 133 Å². The maximum atomic E-state index is 3.90. The van der Waals surface area contributed by atoms with E-state index in [9.17, 15) is 0 Å². The summed E-state index contributed by atoms with van der Waals surface area (Å²) in [6, 6.07) is 9.31. The molecule has 1 aromatic rings. The van der Waals surface area contributed by atoms with Gasteiger partial charge in [0.05, 0.1) is 0 Å². The summed E-state index contributed by atoms with van der Waals surface area (Å²) in [6.07, 6.45) is 17.3. The standard InChI is InChI=1S/C21H35/c1-3-5-7-8-9-10-11-13-15-21-18-16-20(17-19-21)14-12-6-4-2/h16-19H,2-15H2,1H3. The lowest BCUT2D eigenvalue weighted by molar-refractivity contribution is 0.575. The van der Waals surface area contributed by atoms with Crippen LogP contribution in [0.25, 0.3) is 0 Å². The lowest BCUT2D eigenvalue weighted by atomic mass is 10.0. The summed E-state index contributed by atoms with van der Waals surface area (Å²) >= 11 is 0. The van der Waals surface area contributed by atoms with Crippen LogP contribution < -0.4 is 0 Å². The smallest absolute Gasteiger partial charge is 0.0279 e. The van der Waals surface area contributed by atoms with E-state index in [4.69, 9.17) is 0 Å². The van der Waals surface area contributed by atoms with Gasteiger partial charge in [0, 0.05) is 0 Å². The summed E-state index contributed by atoms with van der Waals surface area (Å²) in [5.74, 6) is 0. The van der Waals surface area contributed by atoms with Crippen molar-refractivity contribution >= 4 is 0 Å². The van der Waals surface area contributed by atoms with Gasteiger partial charge in [-0.1, -0.05) is 95.9 Å². The van der Waals surface area contributed by atoms with Gasteiger partial charge in [0.2, 0.25) is 0 Å². The molecule has 0 heterocycles. The molecule has 1 radical (unpaired) electrons. The SMILES string of the molecule is [CH2]CCCCc1ccc(CCCCCCCCCC)cc1. The fraction of sp³-hybridized carbons (Fsp3) is 0.667. The van der Waals surface area contributed by atoms with Crippen LogP contribution >= 0.6 is 0 Å². The molecule has 0 atom stereocenters. The highest BCUT2D eigenvalue weighted by Crippen LogP contribution is 2.13. The van der Waals surface area contributed by atoms with E-state index < -0.39 is 0 Å². The summed E-state index contributed by atoms with van der Waals surface area (Å²) in [4.78, 5) is 0. The predicted molar refractivity (Wildman–Crippen MR) is 95.7 cm³/mol. The van der Waals surface area contributed by atoms with Crippen LogP contribution in [0.4, 0.5) is 0 Å². The topological polar surface area (TPSA) is 0 Å². The highest BCUT2D eigenvalue weighted by Gasteiger charge is 1.97. The number of rotatable bonds is 13. The second-order valence-electron chi connectivity index (χ2n) is 6.35. The third-order valence-corrected chi connectivity index (χ3v) is 4.31. The summed E-state index contributed by atoms with van der Waals surface area (Å²) in [5, 5.41) is 0. The van der Waals surface area contributed by atoms with Crippen LogP contribution in [-0.2, 0) is 12.8 Å². The Morgan fingerprint density at radius 3 is 1.52 bits per heavy atom. The first kappa shape index (κ1) is 18.3. The van der Waals surface area contributed by atoms with E-state index in [-0.39, 0.29) is 0 Å². The van der Waals surface area contributed by atoms with Gasteiger partial charge in [0.15, 0.2) is 0 Å². The Kier molecular flexibility index (Phi) is 11.2. The molecule has 0 unspecified atom stereocenters. The highest BCUT2D eigenvalue weighted by molar-refractivity contribution is 5.22. The maximum absolute atomic E-state index is 3.90. The van der Waals surface area contributed by atoms with Crippen molar-refractivity contribution in [3.63, 3.8) is 0 Å². The van der Waals surface area contributed by atoms with Gasteiger partial charge in [-0.25, -0.2) is 0 Å². The number of benzene rings is 1. The van der Waals surface area contributed by atoms with Crippen molar-refractivity contribution in [3.05, 3.63) is 42.3 Å². The molecule has 0 heteroatoms. The lowest BCUT2D eigenvalue weighted by Crippen LogP contribution is -1.89. The zero-order valence-corrected chi connectivity index (χ0v) is 14.2. The van der Waals surface area contributed by atoms with E-state index in [2.05, 4.69) is 38.1 Å². The van der Waals surface area contributed by atoms with Crippen LogP contribution in [0, 0.1) is 6.92 Å². The van der Waals surface area contributed by atoms with Crippen molar-refractivity contribution in [1.29, 1.82) is 0 Å². The van der Waals surface area contributed by atoms with Gasteiger partial charge in [-0.2, -0.15) is 0 Å². The summed E-state index contributed by atoms with van der Waals surface area (Å²) in [5.41, 5.74) is 3.00. The number of hydrogen-bond donors (Lipinski definition) is 0. The molecule has 0 nitrogen and oxygen atoms in total. The second-order valence-corrected chi connectivity index (χ2v) is 6.35. The maximum Gasteiger partial charge on any atom is -0.0279 e. The third kappa shape index (κ3) is 9.72. The first-order valence-corrected chi connectivity index (χ1v) is 9.24. The van der Waals surface area contributed by atoms with Crippen LogP contribution in [0.15, 0.2) is 24.3 Å². The molecule has 0 aromatic heterocycles. The molecule has 0 aliphatic carbocycles. The molecule has 0 aliphatic rings. The second kappa shape index (κ2) is 12.9. The van der Waals surface area contributed by atoms with Crippen molar-refractivity contribution in [1.82, 2.24) is 0 Å². The van der Waals surface area contributed by atoms with E-state index in [1.54, 1.807) is 0 Å². The van der Waals surface area contributed by atoms with Crippen LogP contribution in [0.1, 0.15) is 88.7 Å². The fourth-order valence-corrected chi connectivity index (χ4v) is 2.84. The zero-order chi connectivity index (χ0) is 15.2. The fourth-order valence-electron chi connectivity index (χ4n) is 2.84. The Morgan fingerprint density at radius 1 is 0.619 bits per heavy atom. The van der Waals surface area contributed by atoms with Crippen molar-refractivity contribution in [2.24, 2.45) is 0 Å². The summed E-state index contributed by atoms with van der Waals surface area (Å²) in [7, 11) is 0. The molecular weight excluding hydrogens is 252 g/mol. The first-order valence-electron chi connectivity index (χ1n) is 9.24. The number of hydrogen-bond acceptors (Lipinski definition) is 0. The summed E-state index contributed by atoms with van der Waals surface area (Å²) in [6.45, 7) is 6.18. The average Bonchev–Trinajstić information content (AvgIpc) is 2.52. The predicted octanol–water partition coefficient (Wildman–Crippen LogP) is 6.92. The molecule has 119 valence electrons. The average molecular weight is 288 g/mol. The lowest BCUT2D eigenvalue weighted by Gasteiger charge is -2.05. The minimum Gasteiger partial charge on any atom is -0.0654 e. The van der Waals surface area contributed by atoms with Crippen LogP contribution in [0.3, 0.4) is 0 Å². The molecule has 0 bridgehead atoms. The molecule has 0 fully saturated rings. The third-order valence-electron chi connectivity index (χ3n) is 4.31. The van der Waals surface area contributed by atoms with Gasteiger partial charge < -0.3 is 0 Å². The Hall–Kier alpha value is -0.780. The van der Waals surface area contributed by atoms with Crippen molar-refractivity contribution in [3.8, 4) is 0 Å². The molecule has 0 aliphatic heterocycles. The van der Waals surface area contributed by atoms with Gasteiger partial charge in [-0.15, -0.1) is 0 Å². The Morgan fingerprint density at radius 2 is 1.05 bits per heavy atom. The van der Waals surface area contributed by atoms with Crippen molar-refractivity contribution in [2.75, 3.05) is 0 Å². The molecule has 0 saturated carbocycles. The van der Waals surface area contributed by atoms with Gasteiger partial charge in [0.1, 0.15) is 0 Å². The van der Waals surface area contributed by atoms with E-state index in [1.165, 1.54) is 88.2 Å². The summed E-state index contributed by atoms with van der Waals surface area (Å²) < 4.78 is 0. The molecule has 0 N–H and O–H groups in total. The van der Waals surface area contributed by atoms with Crippen molar-refractivity contribution in [2.45, 2.75) is 90.4 Å². The van der Waals surface area contributed by atoms with Gasteiger partial charge >= 0.3 is 0 Å². The van der Waals surface area contributed by atoms with Gasteiger partial charge in [-0.3, -0.25) is 0 Å². The van der Waals surface area contributed by atoms with E-state index >= 15 is 0 Å². The quantitative estimate of drug-likeness (QED) is 0.345. The number of aryl methyl sites for hydroxylation is 2. The van der Waals surface area contributed by atoms with Gasteiger partial charge in [-0.05, 0) is 36.8 Å². The molecular formula is C21H35. The molecule has 1 rings (SSSR count). The first-order chi connectivity index (χ1) is 10.4. The molecule has 0 amide bonds. The van der Waals surface area contributed by atoms with E-state index in [0.717, 1.165) is 6.42 Å². The highest BCUT2D eigenvalue weighted by atomic mass is 14.0. The molecule has 21 heavy (non-hydrogen) atoms. The minimum absolute atomic E-state index is 1.07. The van der Waals surface area contributed by atoms with E-state index in [1.807, 2.05) is 0 Å². The largest absolute Gasteiger partial charge is 0.0654 e. The minimum atomic E-state index is 1.07. The Balaban J connectivity index is 2.04. The monoisotopic (exact) mass is 287 g/mol. The normalized spacial score (nSPS) is 11.0.